The number of hydrogen-bond acceptors (Lipinski definition) is 6. The first-order valence-corrected chi connectivity index (χ1v) is 14.9. The highest BCUT2D eigenvalue weighted by molar-refractivity contribution is 7.98. The van der Waals surface area contributed by atoms with Crippen molar-refractivity contribution in [2.75, 3.05) is 49.9 Å². The van der Waals surface area contributed by atoms with Crippen LogP contribution < -0.4 is 14.4 Å². The fraction of sp³-hybridized carbons (Fsp3) is 0.500. The average Bonchev–Trinajstić information content (AvgIpc) is 2.87. The van der Waals surface area contributed by atoms with Gasteiger partial charge in [0.1, 0.15) is 12.3 Å². The molecule has 3 rings (SSSR count). The summed E-state index contributed by atoms with van der Waals surface area (Å²) in [5, 5.41) is 2.91. The molecule has 0 atom stereocenters. The van der Waals surface area contributed by atoms with Crippen LogP contribution in [0.1, 0.15) is 33.1 Å². The smallest absolute Gasteiger partial charge is 0.264 e. The van der Waals surface area contributed by atoms with Gasteiger partial charge in [0, 0.05) is 11.4 Å². The molecular formula is C26H37N3O4S2. The number of carbonyl (C=O) groups excluding carboxylic acids is 1. The molecular weight excluding hydrogens is 482 g/mol. The lowest BCUT2D eigenvalue weighted by Crippen LogP contribution is -2.41. The molecule has 1 amide bonds. The molecule has 1 aliphatic rings. The number of carbonyl (C=O) groups is 1. The van der Waals surface area contributed by atoms with E-state index < -0.39 is 10.0 Å². The molecule has 0 aliphatic carbocycles. The predicted octanol–water partition coefficient (Wildman–Crippen LogP) is 4.24. The molecule has 1 heterocycles. The van der Waals surface area contributed by atoms with E-state index in [-0.39, 0.29) is 17.3 Å². The van der Waals surface area contributed by atoms with E-state index in [0.29, 0.717) is 24.6 Å². The van der Waals surface area contributed by atoms with E-state index in [1.807, 2.05) is 13.2 Å². The largest absolute Gasteiger partial charge is 0.494 e. The van der Waals surface area contributed by atoms with Gasteiger partial charge in [0.25, 0.3) is 10.0 Å². The van der Waals surface area contributed by atoms with Crippen LogP contribution in [0.5, 0.6) is 5.75 Å². The molecule has 1 N–H and O–H groups in total. The summed E-state index contributed by atoms with van der Waals surface area (Å²) in [6, 6.07) is 13.5. The summed E-state index contributed by atoms with van der Waals surface area (Å²) in [6.45, 7) is 8.07. The van der Waals surface area contributed by atoms with E-state index in [0.717, 1.165) is 41.2 Å². The van der Waals surface area contributed by atoms with Gasteiger partial charge >= 0.3 is 0 Å². The van der Waals surface area contributed by atoms with Gasteiger partial charge in [0.15, 0.2) is 0 Å². The van der Waals surface area contributed by atoms with Gasteiger partial charge in [-0.1, -0.05) is 6.92 Å². The third-order valence-corrected chi connectivity index (χ3v) is 8.75. The molecule has 1 aliphatic heterocycles. The number of sulfonamides is 1. The van der Waals surface area contributed by atoms with Crippen LogP contribution in [0.15, 0.2) is 58.3 Å². The molecule has 2 aromatic carbocycles. The molecule has 0 unspecified atom stereocenters. The van der Waals surface area contributed by atoms with Crippen LogP contribution in [0.2, 0.25) is 0 Å². The summed E-state index contributed by atoms with van der Waals surface area (Å²) in [7, 11) is -3.94. The quantitative estimate of drug-likeness (QED) is 0.334. The topological polar surface area (TPSA) is 79.0 Å². The van der Waals surface area contributed by atoms with Crippen molar-refractivity contribution in [1.29, 1.82) is 0 Å². The molecule has 0 spiro atoms. The van der Waals surface area contributed by atoms with Crippen LogP contribution in [-0.2, 0) is 14.8 Å². The molecule has 1 saturated heterocycles. The highest BCUT2D eigenvalue weighted by atomic mass is 32.2. The lowest BCUT2D eigenvalue weighted by Gasteiger charge is -2.30. The average molecular weight is 520 g/mol. The Bertz CT molecular complexity index is 1040. The zero-order valence-electron chi connectivity index (χ0n) is 20.9. The number of nitrogens with zero attached hydrogens (tertiary/aromatic N) is 2. The number of thioether (sulfide) groups is 1. The maximum absolute atomic E-state index is 13.5. The molecule has 35 heavy (non-hydrogen) atoms. The number of anilines is 1. The fourth-order valence-electron chi connectivity index (χ4n) is 4.07. The van der Waals surface area contributed by atoms with Crippen molar-refractivity contribution in [2.24, 2.45) is 5.92 Å². The Labute approximate surface area is 214 Å². The number of ether oxygens (including phenoxy) is 1. The predicted molar refractivity (Wildman–Crippen MR) is 143 cm³/mol. The number of benzene rings is 2. The van der Waals surface area contributed by atoms with Gasteiger partial charge in [-0.2, -0.15) is 0 Å². The SMILES string of the molecule is CCOc1ccc(N(CC(=O)NCCCN2CCC(C)CC2)S(=O)(=O)c2ccc(SC)cc2)cc1. The van der Waals surface area contributed by atoms with Crippen molar-refractivity contribution >= 4 is 33.4 Å². The first-order valence-electron chi connectivity index (χ1n) is 12.2. The molecule has 192 valence electrons. The number of rotatable bonds is 12. The number of hydrogen-bond donors (Lipinski definition) is 1. The second kappa shape index (κ2) is 13.2. The molecule has 0 aromatic heterocycles. The van der Waals surface area contributed by atoms with Crippen molar-refractivity contribution < 1.29 is 17.9 Å². The van der Waals surface area contributed by atoms with Gasteiger partial charge in [-0.15, -0.1) is 11.8 Å². The van der Waals surface area contributed by atoms with Crippen LogP contribution in [0.4, 0.5) is 5.69 Å². The minimum Gasteiger partial charge on any atom is -0.494 e. The highest BCUT2D eigenvalue weighted by Crippen LogP contribution is 2.27. The first-order chi connectivity index (χ1) is 16.8. The van der Waals surface area contributed by atoms with Gasteiger partial charge < -0.3 is 15.0 Å². The van der Waals surface area contributed by atoms with Gasteiger partial charge in [-0.05, 0) is 107 Å². The van der Waals surface area contributed by atoms with Crippen LogP contribution in [0.3, 0.4) is 0 Å². The summed E-state index contributed by atoms with van der Waals surface area (Å²) in [4.78, 5) is 16.4. The van der Waals surface area contributed by atoms with Crippen LogP contribution >= 0.6 is 11.8 Å². The van der Waals surface area contributed by atoms with Gasteiger partial charge in [0.2, 0.25) is 5.91 Å². The van der Waals surface area contributed by atoms with Crippen molar-refractivity contribution in [1.82, 2.24) is 10.2 Å². The summed E-state index contributed by atoms with van der Waals surface area (Å²) < 4.78 is 33.7. The fourth-order valence-corrected chi connectivity index (χ4v) is 5.90. The summed E-state index contributed by atoms with van der Waals surface area (Å²) in [5.74, 6) is 1.11. The maximum Gasteiger partial charge on any atom is 0.264 e. The van der Waals surface area contributed by atoms with Gasteiger partial charge in [-0.3, -0.25) is 9.10 Å². The Morgan fingerprint density at radius 2 is 1.77 bits per heavy atom. The van der Waals surface area contributed by atoms with E-state index in [2.05, 4.69) is 17.1 Å². The Hall–Kier alpha value is -2.23. The highest BCUT2D eigenvalue weighted by Gasteiger charge is 2.27. The lowest BCUT2D eigenvalue weighted by molar-refractivity contribution is -0.119. The molecule has 7 nitrogen and oxygen atoms in total. The minimum absolute atomic E-state index is 0.149. The van der Waals surface area contributed by atoms with Crippen molar-refractivity contribution in [3.8, 4) is 5.75 Å². The Morgan fingerprint density at radius 1 is 1.11 bits per heavy atom. The third-order valence-electron chi connectivity index (χ3n) is 6.22. The van der Waals surface area contributed by atoms with Crippen molar-refractivity contribution in [3.63, 3.8) is 0 Å². The van der Waals surface area contributed by atoms with Gasteiger partial charge in [-0.25, -0.2) is 8.42 Å². The summed E-state index contributed by atoms with van der Waals surface area (Å²) >= 11 is 1.54. The van der Waals surface area contributed by atoms with Crippen LogP contribution in [0.25, 0.3) is 0 Å². The number of amides is 1. The second-order valence-electron chi connectivity index (χ2n) is 8.84. The monoisotopic (exact) mass is 519 g/mol. The van der Waals surface area contributed by atoms with Crippen LogP contribution in [0, 0.1) is 5.92 Å². The summed E-state index contributed by atoms with van der Waals surface area (Å²) in [5.41, 5.74) is 0.417. The van der Waals surface area contributed by atoms with Crippen molar-refractivity contribution in [3.05, 3.63) is 48.5 Å². The van der Waals surface area contributed by atoms with Crippen molar-refractivity contribution in [2.45, 2.75) is 42.9 Å². The normalized spacial score (nSPS) is 15.1. The first kappa shape index (κ1) is 27.4. The third kappa shape index (κ3) is 7.88. The van der Waals surface area contributed by atoms with E-state index in [4.69, 9.17) is 4.74 Å². The zero-order chi connectivity index (χ0) is 25.3. The maximum atomic E-state index is 13.5. The van der Waals surface area contributed by atoms with E-state index in [1.165, 1.54) is 12.8 Å². The van der Waals surface area contributed by atoms with Crippen LogP contribution in [-0.4, -0.2) is 64.8 Å². The number of piperidine rings is 1. The zero-order valence-corrected chi connectivity index (χ0v) is 22.5. The molecule has 0 radical (unpaired) electrons. The summed E-state index contributed by atoms with van der Waals surface area (Å²) in [6.07, 6.45) is 5.22. The Morgan fingerprint density at radius 3 is 2.37 bits per heavy atom. The lowest BCUT2D eigenvalue weighted by atomic mass is 9.99. The number of likely N-dealkylation sites (tertiary alicyclic amines) is 1. The minimum atomic E-state index is -3.94. The standard InChI is InChI=1S/C26H37N3O4S2/c1-4-33-23-8-6-22(7-9-23)29(35(31,32)25-12-10-24(34-3)11-13-25)20-26(30)27-16-5-17-28-18-14-21(2)15-19-28/h6-13,21H,4-5,14-20H2,1-3H3,(H,27,30). The number of nitrogens with one attached hydrogen (secondary N) is 1. The molecule has 2 aromatic rings. The van der Waals surface area contributed by atoms with E-state index in [9.17, 15) is 13.2 Å². The Kier molecular flexibility index (Phi) is 10.3. The molecule has 9 heteroatoms. The molecule has 0 bridgehead atoms. The Balaban J connectivity index is 1.68. The van der Waals surface area contributed by atoms with Gasteiger partial charge in [0.05, 0.1) is 17.2 Å². The van der Waals surface area contributed by atoms with E-state index in [1.54, 1.807) is 60.3 Å². The second-order valence-corrected chi connectivity index (χ2v) is 11.6. The van der Waals surface area contributed by atoms with E-state index >= 15 is 0 Å². The molecule has 1 fully saturated rings. The molecule has 0 saturated carbocycles.